The van der Waals surface area contributed by atoms with Crippen LogP contribution in [0.25, 0.3) is 0 Å². The van der Waals surface area contributed by atoms with Gasteiger partial charge in [-0.3, -0.25) is 0 Å². The molecule has 12 heavy (non-hydrogen) atoms. The summed E-state index contributed by atoms with van der Waals surface area (Å²) in [7, 11) is 1.52. The summed E-state index contributed by atoms with van der Waals surface area (Å²) in [4.78, 5) is 0. The molecule has 5 atom stereocenters. The Bertz CT molecular complexity index is 173. The molecule has 2 N–H and O–H groups in total. The molecule has 5 unspecified atom stereocenters. The molecule has 0 aromatic rings. The summed E-state index contributed by atoms with van der Waals surface area (Å²) in [6, 6.07) is 0. The van der Waals surface area contributed by atoms with Crippen LogP contribution in [-0.2, 0) is 14.2 Å². The van der Waals surface area contributed by atoms with E-state index in [0.717, 1.165) is 0 Å². The third-order valence-corrected chi connectivity index (χ3v) is 2.24. The number of hydrogen-bond donors (Lipinski definition) is 2. The van der Waals surface area contributed by atoms with Crippen molar-refractivity contribution >= 4 is 0 Å². The predicted molar refractivity (Wildman–Crippen MR) is 37.4 cm³/mol. The van der Waals surface area contributed by atoms with E-state index in [1.807, 2.05) is 0 Å². The highest BCUT2D eigenvalue weighted by molar-refractivity contribution is 5.02. The smallest absolute Gasteiger partial charge is 0.186 e. The molecule has 0 amide bonds. The molecule has 2 heterocycles. The summed E-state index contributed by atoms with van der Waals surface area (Å²) < 4.78 is 15.4. The minimum atomic E-state index is -0.875. The molecule has 2 aliphatic rings. The van der Waals surface area contributed by atoms with Crippen LogP contribution in [0.15, 0.2) is 0 Å². The molecule has 0 aliphatic carbocycles. The van der Waals surface area contributed by atoms with E-state index in [-0.39, 0.29) is 25.1 Å². The third-order valence-electron chi connectivity index (χ3n) is 2.24. The Kier molecular flexibility index (Phi) is 2.05. The van der Waals surface area contributed by atoms with Crippen molar-refractivity contribution in [2.24, 2.45) is 0 Å². The molecule has 0 aromatic heterocycles. The van der Waals surface area contributed by atoms with Crippen LogP contribution < -0.4 is 0 Å². The monoisotopic (exact) mass is 176 g/mol. The molecule has 0 spiro atoms. The zero-order chi connectivity index (χ0) is 8.72. The molecule has 5 heteroatoms. The summed E-state index contributed by atoms with van der Waals surface area (Å²) in [5.41, 5.74) is 0. The molecule has 5 nitrogen and oxygen atoms in total. The summed E-state index contributed by atoms with van der Waals surface area (Å²) in [6.07, 6.45) is -1.86. The van der Waals surface area contributed by atoms with Gasteiger partial charge in [0.25, 0.3) is 0 Å². The summed E-state index contributed by atoms with van der Waals surface area (Å²) in [6.45, 7) is -0.312. The average Bonchev–Trinajstić information content (AvgIpc) is 2.80. The second kappa shape index (κ2) is 2.93. The topological polar surface area (TPSA) is 71.5 Å². The molecule has 70 valence electrons. The van der Waals surface area contributed by atoms with Crippen LogP contribution in [0.3, 0.4) is 0 Å². The summed E-state index contributed by atoms with van der Waals surface area (Å²) in [5.74, 6) is 0. The average molecular weight is 176 g/mol. The Labute approximate surface area is 69.8 Å². The van der Waals surface area contributed by atoms with Crippen LogP contribution >= 0.6 is 0 Å². The van der Waals surface area contributed by atoms with Crippen LogP contribution in [0.5, 0.6) is 0 Å². The van der Waals surface area contributed by atoms with Gasteiger partial charge in [0, 0.05) is 7.11 Å². The third kappa shape index (κ3) is 1.14. The standard InChI is InChI=1S/C7H12O5/c1-10-7-6-5(11-6)4(12-7)3(9)2-8/h3-9H,2H2,1H3. The van der Waals surface area contributed by atoms with E-state index >= 15 is 0 Å². The van der Waals surface area contributed by atoms with Crippen molar-refractivity contribution in [3.05, 3.63) is 0 Å². The first-order chi connectivity index (χ1) is 5.77. The zero-order valence-corrected chi connectivity index (χ0v) is 6.71. The van der Waals surface area contributed by atoms with Crippen LogP contribution in [-0.4, -0.2) is 54.6 Å². The van der Waals surface area contributed by atoms with Crippen molar-refractivity contribution in [1.82, 2.24) is 0 Å². The van der Waals surface area contributed by atoms with Gasteiger partial charge < -0.3 is 24.4 Å². The molecule has 2 saturated heterocycles. The Morgan fingerprint density at radius 3 is 2.67 bits per heavy atom. The fourth-order valence-electron chi connectivity index (χ4n) is 1.53. The Morgan fingerprint density at radius 2 is 2.17 bits per heavy atom. The van der Waals surface area contributed by atoms with E-state index in [0.29, 0.717) is 0 Å². The van der Waals surface area contributed by atoms with Crippen molar-refractivity contribution in [2.45, 2.75) is 30.7 Å². The Hall–Kier alpha value is -0.200. The molecule has 2 fully saturated rings. The molecule has 0 saturated carbocycles. The van der Waals surface area contributed by atoms with Gasteiger partial charge in [0.1, 0.15) is 24.4 Å². The second-order valence-corrected chi connectivity index (χ2v) is 3.02. The van der Waals surface area contributed by atoms with E-state index < -0.39 is 12.2 Å². The molecule has 0 bridgehead atoms. The van der Waals surface area contributed by atoms with Gasteiger partial charge in [0.2, 0.25) is 0 Å². The Morgan fingerprint density at radius 1 is 1.42 bits per heavy atom. The van der Waals surface area contributed by atoms with Gasteiger partial charge in [-0.05, 0) is 0 Å². The van der Waals surface area contributed by atoms with Crippen molar-refractivity contribution in [3.63, 3.8) is 0 Å². The second-order valence-electron chi connectivity index (χ2n) is 3.02. The van der Waals surface area contributed by atoms with Crippen molar-refractivity contribution in [1.29, 1.82) is 0 Å². The zero-order valence-electron chi connectivity index (χ0n) is 6.71. The first-order valence-electron chi connectivity index (χ1n) is 3.90. The van der Waals surface area contributed by atoms with E-state index in [2.05, 4.69) is 0 Å². The largest absolute Gasteiger partial charge is 0.394 e. The molecular weight excluding hydrogens is 164 g/mol. The van der Waals surface area contributed by atoms with Crippen LogP contribution in [0, 0.1) is 0 Å². The number of epoxide rings is 1. The maximum absolute atomic E-state index is 9.26. The first kappa shape index (κ1) is 8.40. The number of fused-ring (bicyclic) bond motifs is 1. The van der Waals surface area contributed by atoms with Gasteiger partial charge in [-0.2, -0.15) is 0 Å². The molecule has 2 aliphatic heterocycles. The summed E-state index contributed by atoms with van der Waals surface area (Å²) >= 11 is 0. The minimum absolute atomic E-state index is 0.0544. The quantitative estimate of drug-likeness (QED) is 0.511. The number of rotatable bonds is 3. The number of aliphatic hydroxyl groups is 2. The minimum Gasteiger partial charge on any atom is -0.394 e. The lowest BCUT2D eigenvalue weighted by Crippen LogP contribution is -2.35. The van der Waals surface area contributed by atoms with Crippen molar-refractivity contribution < 1.29 is 24.4 Å². The van der Waals surface area contributed by atoms with Gasteiger partial charge >= 0.3 is 0 Å². The van der Waals surface area contributed by atoms with E-state index in [1.165, 1.54) is 7.11 Å². The lowest BCUT2D eigenvalue weighted by atomic mass is 10.1. The van der Waals surface area contributed by atoms with Gasteiger partial charge in [-0.25, -0.2) is 0 Å². The predicted octanol–water partition coefficient (Wildman–Crippen LogP) is -1.52. The molecular formula is C7H12O5. The van der Waals surface area contributed by atoms with Gasteiger partial charge in [0.15, 0.2) is 6.29 Å². The number of aliphatic hydroxyl groups excluding tert-OH is 2. The van der Waals surface area contributed by atoms with Crippen LogP contribution in [0.2, 0.25) is 0 Å². The maximum Gasteiger partial charge on any atom is 0.186 e. The number of hydrogen-bond acceptors (Lipinski definition) is 5. The SMILES string of the molecule is COC1OC(C(O)CO)C2OC12. The summed E-state index contributed by atoms with van der Waals surface area (Å²) in [5, 5.41) is 17.9. The highest BCUT2D eigenvalue weighted by Crippen LogP contribution is 2.40. The van der Waals surface area contributed by atoms with Crippen LogP contribution in [0.4, 0.5) is 0 Å². The molecule has 0 radical (unpaired) electrons. The molecule has 2 rings (SSSR count). The highest BCUT2D eigenvalue weighted by atomic mass is 16.8. The lowest BCUT2D eigenvalue weighted by Gasteiger charge is -2.19. The number of ether oxygens (including phenoxy) is 3. The van der Waals surface area contributed by atoms with Crippen molar-refractivity contribution in [2.75, 3.05) is 13.7 Å². The molecule has 0 aromatic carbocycles. The van der Waals surface area contributed by atoms with Crippen molar-refractivity contribution in [3.8, 4) is 0 Å². The van der Waals surface area contributed by atoms with E-state index in [1.54, 1.807) is 0 Å². The van der Waals surface area contributed by atoms with Crippen LogP contribution in [0.1, 0.15) is 0 Å². The van der Waals surface area contributed by atoms with E-state index in [4.69, 9.17) is 19.3 Å². The van der Waals surface area contributed by atoms with Gasteiger partial charge in [0.05, 0.1) is 6.61 Å². The first-order valence-corrected chi connectivity index (χ1v) is 3.90. The van der Waals surface area contributed by atoms with Gasteiger partial charge in [-0.1, -0.05) is 0 Å². The maximum atomic E-state index is 9.26. The fraction of sp³-hybridized carbons (Fsp3) is 1.00. The lowest BCUT2D eigenvalue weighted by molar-refractivity contribution is -0.184. The van der Waals surface area contributed by atoms with Gasteiger partial charge in [-0.15, -0.1) is 0 Å². The van der Waals surface area contributed by atoms with E-state index in [9.17, 15) is 5.11 Å². The Balaban J connectivity index is 1.94. The normalized spacial score (nSPS) is 47.2. The number of methoxy groups -OCH3 is 1. The highest BCUT2D eigenvalue weighted by Gasteiger charge is 2.60. The fourth-order valence-corrected chi connectivity index (χ4v) is 1.53.